The molecule has 0 fully saturated rings. The van der Waals surface area contributed by atoms with Gasteiger partial charge in [-0.2, -0.15) is 5.10 Å². The lowest BCUT2D eigenvalue weighted by molar-refractivity contribution is 0.470. The number of para-hydroxylation sites is 1. The molecule has 4 aromatic heterocycles. The maximum Gasteiger partial charge on any atom is 0.274 e. The molecular formula is C27H27N5O3. The SMILES string of the molecule is Cc1cccc(C)c1Oc1cn(C)c(=O)cc1-c1cn(C)c(=O)c2[nH]c(-c3cn(C)nc3C)cc12. The molecule has 1 aromatic carbocycles. The molecule has 8 nitrogen and oxygen atoms in total. The van der Waals surface area contributed by atoms with Gasteiger partial charge in [-0.25, -0.2) is 0 Å². The summed E-state index contributed by atoms with van der Waals surface area (Å²) in [5.74, 6) is 1.28. The number of fused-ring (bicyclic) bond motifs is 1. The molecule has 0 atom stereocenters. The highest BCUT2D eigenvalue weighted by Crippen LogP contribution is 2.38. The van der Waals surface area contributed by atoms with Crippen LogP contribution < -0.4 is 15.9 Å². The lowest BCUT2D eigenvalue weighted by Crippen LogP contribution is -2.18. The predicted molar refractivity (Wildman–Crippen MR) is 137 cm³/mol. The van der Waals surface area contributed by atoms with E-state index in [-0.39, 0.29) is 11.1 Å². The minimum Gasteiger partial charge on any atom is -0.455 e. The van der Waals surface area contributed by atoms with Crippen LogP contribution in [0, 0.1) is 20.8 Å². The summed E-state index contributed by atoms with van der Waals surface area (Å²) in [4.78, 5) is 29.1. The Bertz CT molecular complexity index is 1710. The van der Waals surface area contributed by atoms with E-state index in [1.165, 1.54) is 9.13 Å². The van der Waals surface area contributed by atoms with Gasteiger partial charge in [0.15, 0.2) is 5.75 Å². The van der Waals surface area contributed by atoms with Crippen LogP contribution in [0.5, 0.6) is 11.5 Å². The normalized spacial score (nSPS) is 11.4. The first kappa shape index (κ1) is 22.5. The number of aromatic nitrogens is 5. The van der Waals surface area contributed by atoms with Crippen LogP contribution in [0.2, 0.25) is 0 Å². The Kier molecular flexibility index (Phi) is 5.24. The van der Waals surface area contributed by atoms with Gasteiger partial charge in [0.2, 0.25) is 0 Å². The average molecular weight is 470 g/mol. The standard InChI is InChI=1S/C27H27N5O3/c1-15-8-7-9-16(2)26(15)35-23-14-30(4)24(33)11-18(23)21-12-31(5)27(34)25-19(21)10-22(28-25)20-13-32(6)29-17(20)3/h7-14,28H,1-6H3. The number of aromatic amines is 1. The summed E-state index contributed by atoms with van der Waals surface area (Å²) >= 11 is 0. The number of H-pyrrole nitrogens is 1. The van der Waals surface area contributed by atoms with E-state index in [1.54, 1.807) is 37.2 Å². The second-order valence-electron chi connectivity index (χ2n) is 9.06. The number of nitrogens with zero attached hydrogens (tertiary/aromatic N) is 4. The van der Waals surface area contributed by atoms with Gasteiger partial charge in [-0.1, -0.05) is 18.2 Å². The Morgan fingerprint density at radius 1 is 0.857 bits per heavy atom. The molecule has 5 rings (SSSR count). The van der Waals surface area contributed by atoms with Crippen LogP contribution in [0.25, 0.3) is 33.3 Å². The summed E-state index contributed by atoms with van der Waals surface area (Å²) in [5, 5.41) is 5.14. The summed E-state index contributed by atoms with van der Waals surface area (Å²) in [7, 11) is 5.26. The third-order valence-electron chi connectivity index (χ3n) is 6.37. The fourth-order valence-electron chi connectivity index (χ4n) is 4.52. The quantitative estimate of drug-likeness (QED) is 0.424. The lowest BCUT2D eigenvalue weighted by atomic mass is 10.0. The molecule has 0 aliphatic rings. The molecule has 0 bridgehead atoms. The molecule has 0 saturated heterocycles. The number of ether oxygens (including phenoxy) is 1. The van der Waals surface area contributed by atoms with Crippen molar-refractivity contribution in [1.82, 2.24) is 23.9 Å². The summed E-state index contributed by atoms with van der Waals surface area (Å²) in [6, 6.07) is 9.46. The van der Waals surface area contributed by atoms with Crippen LogP contribution in [0.1, 0.15) is 16.8 Å². The number of nitrogens with one attached hydrogen (secondary N) is 1. The number of pyridine rings is 2. The first-order valence-electron chi connectivity index (χ1n) is 11.3. The molecule has 5 aromatic rings. The van der Waals surface area contributed by atoms with Gasteiger partial charge in [0.25, 0.3) is 11.1 Å². The molecular weight excluding hydrogens is 442 g/mol. The van der Waals surface area contributed by atoms with E-state index >= 15 is 0 Å². The average Bonchev–Trinajstić information content (AvgIpc) is 3.38. The smallest absolute Gasteiger partial charge is 0.274 e. The molecule has 0 radical (unpaired) electrons. The van der Waals surface area contributed by atoms with Gasteiger partial charge < -0.3 is 18.9 Å². The zero-order valence-electron chi connectivity index (χ0n) is 20.6. The summed E-state index contributed by atoms with van der Waals surface area (Å²) in [6.45, 7) is 5.91. The predicted octanol–water partition coefficient (Wildman–Crippen LogP) is 4.35. The van der Waals surface area contributed by atoms with Crippen LogP contribution in [0.3, 0.4) is 0 Å². The van der Waals surface area contributed by atoms with Crippen LogP contribution in [-0.4, -0.2) is 23.9 Å². The largest absolute Gasteiger partial charge is 0.455 e. The Labute approximate surface area is 202 Å². The molecule has 0 aliphatic heterocycles. The van der Waals surface area contributed by atoms with Gasteiger partial charge in [0.1, 0.15) is 11.3 Å². The van der Waals surface area contributed by atoms with Gasteiger partial charge >= 0.3 is 0 Å². The highest BCUT2D eigenvalue weighted by atomic mass is 16.5. The molecule has 8 heteroatoms. The Balaban J connectivity index is 1.78. The van der Waals surface area contributed by atoms with Crippen molar-refractivity contribution >= 4 is 10.9 Å². The van der Waals surface area contributed by atoms with E-state index in [1.807, 2.05) is 58.3 Å². The number of rotatable bonds is 4. The van der Waals surface area contributed by atoms with Crippen molar-refractivity contribution in [3.8, 4) is 33.9 Å². The van der Waals surface area contributed by atoms with Crippen LogP contribution >= 0.6 is 0 Å². The minimum atomic E-state index is -0.172. The van der Waals surface area contributed by atoms with Gasteiger partial charge in [-0.3, -0.25) is 14.3 Å². The first-order valence-corrected chi connectivity index (χ1v) is 11.3. The zero-order chi connectivity index (χ0) is 25.0. The number of benzene rings is 1. The zero-order valence-corrected chi connectivity index (χ0v) is 20.6. The van der Waals surface area contributed by atoms with Crippen molar-refractivity contribution in [2.75, 3.05) is 0 Å². The molecule has 178 valence electrons. The highest BCUT2D eigenvalue weighted by molar-refractivity contribution is 5.98. The number of aryl methyl sites for hydroxylation is 6. The summed E-state index contributed by atoms with van der Waals surface area (Å²) < 4.78 is 11.2. The molecule has 35 heavy (non-hydrogen) atoms. The van der Waals surface area contributed by atoms with Crippen molar-refractivity contribution in [3.05, 3.63) is 86.5 Å². The lowest BCUT2D eigenvalue weighted by Gasteiger charge is -2.17. The molecule has 0 spiro atoms. The van der Waals surface area contributed by atoms with Crippen LogP contribution in [0.15, 0.2) is 58.5 Å². The molecule has 1 N–H and O–H groups in total. The Hall–Kier alpha value is -4.33. The van der Waals surface area contributed by atoms with E-state index in [9.17, 15) is 9.59 Å². The van der Waals surface area contributed by atoms with Gasteiger partial charge in [-0.15, -0.1) is 0 Å². The van der Waals surface area contributed by atoms with E-state index in [2.05, 4.69) is 10.1 Å². The van der Waals surface area contributed by atoms with Gasteiger partial charge in [-0.05, 0) is 38.0 Å². The van der Waals surface area contributed by atoms with Gasteiger partial charge in [0, 0.05) is 61.7 Å². The second-order valence-corrected chi connectivity index (χ2v) is 9.06. The monoisotopic (exact) mass is 469 g/mol. The minimum absolute atomic E-state index is 0.155. The van der Waals surface area contributed by atoms with Crippen molar-refractivity contribution in [2.24, 2.45) is 21.1 Å². The Morgan fingerprint density at radius 2 is 1.57 bits per heavy atom. The third-order valence-corrected chi connectivity index (χ3v) is 6.37. The highest BCUT2D eigenvalue weighted by Gasteiger charge is 2.20. The van der Waals surface area contributed by atoms with E-state index < -0.39 is 0 Å². The second kappa shape index (κ2) is 8.16. The maximum absolute atomic E-state index is 13.0. The van der Waals surface area contributed by atoms with Crippen LogP contribution in [0.4, 0.5) is 0 Å². The van der Waals surface area contributed by atoms with Gasteiger partial charge in [0.05, 0.1) is 17.6 Å². The molecule has 0 aliphatic carbocycles. The topological polar surface area (TPSA) is 86.8 Å². The van der Waals surface area contributed by atoms with E-state index in [4.69, 9.17) is 4.74 Å². The summed E-state index contributed by atoms with van der Waals surface area (Å²) in [5.41, 5.74) is 6.01. The van der Waals surface area contributed by atoms with Crippen molar-refractivity contribution in [1.29, 1.82) is 0 Å². The van der Waals surface area contributed by atoms with Crippen molar-refractivity contribution < 1.29 is 4.74 Å². The fourth-order valence-corrected chi connectivity index (χ4v) is 4.52. The number of hydrogen-bond acceptors (Lipinski definition) is 4. The third kappa shape index (κ3) is 3.77. The number of hydrogen-bond donors (Lipinski definition) is 1. The van der Waals surface area contributed by atoms with E-state index in [0.717, 1.165) is 39.4 Å². The first-order chi connectivity index (χ1) is 16.6. The Morgan fingerprint density at radius 3 is 2.23 bits per heavy atom. The fraction of sp³-hybridized carbons (Fsp3) is 0.222. The molecule has 4 heterocycles. The molecule has 0 amide bonds. The van der Waals surface area contributed by atoms with Crippen molar-refractivity contribution in [2.45, 2.75) is 20.8 Å². The molecule has 0 unspecified atom stereocenters. The van der Waals surface area contributed by atoms with E-state index in [0.29, 0.717) is 22.2 Å². The summed E-state index contributed by atoms with van der Waals surface area (Å²) in [6.07, 6.45) is 5.36. The van der Waals surface area contributed by atoms with Crippen molar-refractivity contribution in [3.63, 3.8) is 0 Å². The van der Waals surface area contributed by atoms with Crippen LogP contribution in [-0.2, 0) is 21.1 Å². The molecule has 0 saturated carbocycles. The maximum atomic E-state index is 13.0.